The number of aromatic nitrogens is 2. The maximum atomic E-state index is 13.9. The average Bonchev–Trinajstić information content (AvgIpc) is 3.43. The van der Waals surface area contributed by atoms with Gasteiger partial charge >= 0.3 is 0 Å². The number of nitrogens with zero attached hydrogens (tertiary/aromatic N) is 4. The van der Waals surface area contributed by atoms with Gasteiger partial charge in [0.1, 0.15) is 17.6 Å². The highest BCUT2D eigenvalue weighted by Gasteiger charge is 2.32. The minimum absolute atomic E-state index is 0.0144. The van der Waals surface area contributed by atoms with Crippen LogP contribution in [-0.2, 0) is 11.2 Å². The van der Waals surface area contributed by atoms with Crippen molar-refractivity contribution in [3.8, 4) is 22.9 Å². The van der Waals surface area contributed by atoms with Gasteiger partial charge in [0.2, 0.25) is 5.91 Å². The molecule has 1 atom stereocenters. The van der Waals surface area contributed by atoms with E-state index in [4.69, 9.17) is 11.6 Å². The van der Waals surface area contributed by atoms with Crippen LogP contribution in [0.5, 0.6) is 5.75 Å². The number of hydrogen-bond donors (Lipinski definition) is 2. The summed E-state index contributed by atoms with van der Waals surface area (Å²) in [6.45, 7) is 1.08. The molecule has 7 nitrogen and oxygen atoms in total. The van der Waals surface area contributed by atoms with Gasteiger partial charge in [0, 0.05) is 35.4 Å². The number of imidazole rings is 1. The number of H-pyrrole nitrogens is 1. The summed E-state index contributed by atoms with van der Waals surface area (Å²) >= 11 is 6.31. The first-order valence-electron chi connectivity index (χ1n) is 11.7. The van der Waals surface area contributed by atoms with Crippen LogP contribution in [0.1, 0.15) is 22.9 Å². The molecule has 2 N–H and O–H groups in total. The second-order valence-electron chi connectivity index (χ2n) is 8.85. The van der Waals surface area contributed by atoms with Crippen LogP contribution >= 0.6 is 11.6 Å². The van der Waals surface area contributed by atoms with Crippen molar-refractivity contribution in [1.29, 1.82) is 5.26 Å². The molecular weight excluding hydrogens is 493 g/mol. The lowest BCUT2D eigenvalue weighted by atomic mass is 9.98. The minimum Gasteiger partial charge on any atom is -0.507 e. The SMILES string of the molecule is N#Cc1cc(CC(c2cnc[nH]2)N2CCN(c3cc(Cl)ccc3-c3ccccc3O)C(=O)C2)ccc1F. The Labute approximate surface area is 218 Å². The summed E-state index contributed by atoms with van der Waals surface area (Å²) in [5.74, 6) is -0.561. The lowest BCUT2D eigenvalue weighted by molar-refractivity contribution is -0.122. The molecule has 0 radical (unpaired) electrons. The highest BCUT2D eigenvalue weighted by molar-refractivity contribution is 6.31. The van der Waals surface area contributed by atoms with Crippen LogP contribution in [0.25, 0.3) is 11.1 Å². The van der Waals surface area contributed by atoms with E-state index in [0.29, 0.717) is 41.3 Å². The number of halogens is 2. The summed E-state index contributed by atoms with van der Waals surface area (Å²) in [5, 5.41) is 20.2. The number of aromatic hydroxyl groups is 1. The topological polar surface area (TPSA) is 96.2 Å². The van der Waals surface area contributed by atoms with E-state index in [9.17, 15) is 19.6 Å². The summed E-state index contributed by atoms with van der Waals surface area (Å²) in [7, 11) is 0. The second-order valence-corrected chi connectivity index (χ2v) is 9.28. The molecule has 9 heteroatoms. The van der Waals surface area contributed by atoms with E-state index in [0.717, 1.165) is 11.3 Å². The molecule has 4 aromatic rings. The Morgan fingerprint density at radius 1 is 1.14 bits per heavy atom. The number of rotatable bonds is 6. The number of para-hydroxylation sites is 1. The van der Waals surface area contributed by atoms with Gasteiger partial charge in [0.05, 0.1) is 35.9 Å². The Morgan fingerprint density at radius 2 is 1.97 bits per heavy atom. The highest BCUT2D eigenvalue weighted by Crippen LogP contribution is 2.39. The summed E-state index contributed by atoms with van der Waals surface area (Å²) < 4.78 is 13.9. The number of amides is 1. The largest absolute Gasteiger partial charge is 0.507 e. The lowest BCUT2D eigenvalue weighted by Gasteiger charge is -2.39. The molecule has 1 aromatic heterocycles. The van der Waals surface area contributed by atoms with Gasteiger partial charge in [-0.15, -0.1) is 0 Å². The third kappa shape index (κ3) is 5.05. The Kier molecular flexibility index (Phi) is 6.91. The predicted molar refractivity (Wildman–Crippen MR) is 139 cm³/mol. The number of piperazine rings is 1. The molecule has 1 aliphatic heterocycles. The molecule has 2 heterocycles. The van der Waals surface area contributed by atoms with Crippen molar-refractivity contribution >= 4 is 23.2 Å². The van der Waals surface area contributed by atoms with Crippen LogP contribution in [0.3, 0.4) is 0 Å². The van der Waals surface area contributed by atoms with Crippen LogP contribution in [0.4, 0.5) is 10.1 Å². The van der Waals surface area contributed by atoms with Crippen LogP contribution in [0, 0.1) is 17.1 Å². The molecule has 1 amide bonds. The zero-order valence-corrected chi connectivity index (χ0v) is 20.5. The molecule has 1 fully saturated rings. The highest BCUT2D eigenvalue weighted by atomic mass is 35.5. The smallest absolute Gasteiger partial charge is 0.241 e. The Bertz CT molecular complexity index is 1480. The number of nitrogens with one attached hydrogen (secondary N) is 1. The van der Waals surface area contributed by atoms with E-state index in [-0.39, 0.29) is 29.8 Å². The fourth-order valence-electron chi connectivity index (χ4n) is 4.76. The molecule has 3 aromatic carbocycles. The van der Waals surface area contributed by atoms with E-state index < -0.39 is 5.82 Å². The van der Waals surface area contributed by atoms with Crippen LogP contribution in [0.15, 0.2) is 73.2 Å². The van der Waals surface area contributed by atoms with Gasteiger partial charge in [0.15, 0.2) is 0 Å². The minimum atomic E-state index is -0.560. The predicted octanol–water partition coefficient (Wildman–Crippen LogP) is 5.08. The Balaban J connectivity index is 1.43. The van der Waals surface area contributed by atoms with E-state index in [1.807, 2.05) is 17.0 Å². The maximum Gasteiger partial charge on any atom is 0.241 e. The van der Waals surface area contributed by atoms with E-state index in [1.165, 1.54) is 6.07 Å². The lowest BCUT2D eigenvalue weighted by Crippen LogP contribution is -2.52. The Hall–Kier alpha value is -4.19. The number of hydrogen-bond acceptors (Lipinski definition) is 5. The number of nitriles is 1. The van der Waals surface area contributed by atoms with Gasteiger partial charge in [-0.3, -0.25) is 9.69 Å². The average molecular weight is 516 g/mol. The summed E-state index contributed by atoms with van der Waals surface area (Å²) in [6, 6.07) is 18.4. The van der Waals surface area contributed by atoms with Gasteiger partial charge in [-0.25, -0.2) is 9.37 Å². The number of carbonyl (C=O) groups is 1. The second kappa shape index (κ2) is 10.4. The van der Waals surface area contributed by atoms with Gasteiger partial charge in [0.25, 0.3) is 0 Å². The molecule has 1 aliphatic rings. The van der Waals surface area contributed by atoms with Gasteiger partial charge in [-0.05, 0) is 42.3 Å². The first-order valence-corrected chi connectivity index (χ1v) is 12.1. The third-order valence-corrected chi connectivity index (χ3v) is 6.83. The van der Waals surface area contributed by atoms with Gasteiger partial charge in [-0.1, -0.05) is 41.9 Å². The van der Waals surface area contributed by atoms with Crippen LogP contribution in [-0.4, -0.2) is 45.5 Å². The van der Waals surface area contributed by atoms with Crippen molar-refractivity contribution in [1.82, 2.24) is 14.9 Å². The first-order chi connectivity index (χ1) is 17.9. The fraction of sp³-hybridized carbons (Fsp3) is 0.179. The zero-order chi connectivity index (χ0) is 25.9. The third-order valence-electron chi connectivity index (χ3n) is 6.59. The van der Waals surface area contributed by atoms with Crippen molar-refractivity contribution in [3.05, 3.63) is 101 Å². The number of phenols is 1. The molecule has 5 rings (SSSR count). The van der Waals surface area contributed by atoms with Crippen LogP contribution < -0.4 is 4.90 Å². The Morgan fingerprint density at radius 3 is 2.70 bits per heavy atom. The normalized spacial score (nSPS) is 14.9. The molecule has 1 saturated heterocycles. The van der Waals surface area contributed by atoms with Crippen molar-refractivity contribution in [2.75, 3.05) is 24.5 Å². The zero-order valence-electron chi connectivity index (χ0n) is 19.7. The quantitative estimate of drug-likeness (QED) is 0.373. The van der Waals surface area contributed by atoms with Crippen molar-refractivity contribution in [2.24, 2.45) is 0 Å². The molecule has 186 valence electrons. The first kappa shape index (κ1) is 24.5. The van der Waals surface area contributed by atoms with Gasteiger partial charge in [-0.2, -0.15) is 5.26 Å². The summed E-state index contributed by atoms with van der Waals surface area (Å²) in [4.78, 5) is 24.5. The molecular formula is C28H23ClFN5O2. The van der Waals surface area contributed by atoms with E-state index in [2.05, 4.69) is 9.97 Å². The maximum absolute atomic E-state index is 13.9. The molecule has 0 bridgehead atoms. The molecule has 0 spiro atoms. The van der Waals surface area contributed by atoms with E-state index in [1.54, 1.807) is 66.0 Å². The van der Waals surface area contributed by atoms with Gasteiger partial charge < -0.3 is 15.0 Å². The van der Waals surface area contributed by atoms with Crippen molar-refractivity contribution in [2.45, 2.75) is 12.5 Å². The fourth-order valence-corrected chi connectivity index (χ4v) is 4.93. The number of aromatic amines is 1. The van der Waals surface area contributed by atoms with Crippen molar-refractivity contribution in [3.63, 3.8) is 0 Å². The van der Waals surface area contributed by atoms with E-state index >= 15 is 0 Å². The van der Waals surface area contributed by atoms with Crippen LogP contribution in [0.2, 0.25) is 5.02 Å². The standard InChI is InChI=1S/C28H23ClFN5O2/c29-20-6-7-21(22-3-1-2-4-27(22)36)25(13-20)35-10-9-34(16-28(35)37)26(24-15-32-17-33-24)12-18-5-8-23(30)19(11-18)14-31/h1-8,11,13,15,17,26,36H,9-10,12,16H2,(H,32,33). The molecule has 37 heavy (non-hydrogen) atoms. The molecule has 1 unspecified atom stereocenters. The molecule has 0 saturated carbocycles. The number of phenolic OH excluding ortho intramolecular Hbond substituents is 1. The summed E-state index contributed by atoms with van der Waals surface area (Å²) in [5.41, 5.74) is 3.55. The molecule has 0 aliphatic carbocycles. The van der Waals surface area contributed by atoms with Crippen molar-refractivity contribution < 1.29 is 14.3 Å². The summed E-state index contributed by atoms with van der Waals surface area (Å²) in [6.07, 6.45) is 3.75. The number of benzene rings is 3. The number of carbonyl (C=O) groups excluding carboxylic acids is 1. The number of anilines is 1. The monoisotopic (exact) mass is 515 g/mol.